The molecule has 2 heteroatoms. The van der Waals surface area contributed by atoms with E-state index in [0.29, 0.717) is 12.1 Å². The minimum atomic E-state index is 0.473. The van der Waals surface area contributed by atoms with Crippen LogP contribution in [0.2, 0.25) is 0 Å². The Hall–Kier alpha value is -1.96. The molecule has 0 aliphatic rings. The maximum atomic E-state index is 3.97. The second-order valence-electron chi connectivity index (χ2n) is 10.6. The summed E-state index contributed by atoms with van der Waals surface area (Å²) >= 11 is 0. The van der Waals surface area contributed by atoms with E-state index in [2.05, 4.69) is 90.3 Å². The fraction of sp³-hybridized carbons (Fsp3) is 0.636. The molecule has 196 valence electrons. The number of anilines is 2. The van der Waals surface area contributed by atoms with Crippen LogP contribution in [0.4, 0.5) is 11.4 Å². The second kappa shape index (κ2) is 15.2. The molecule has 0 amide bonds. The van der Waals surface area contributed by atoms with Gasteiger partial charge in [0.25, 0.3) is 0 Å². The molecule has 0 spiro atoms. The maximum absolute atomic E-state index is 3.97. The smallest absolute Gasteiger partial charge is 0.0413 e. The van der Waals surface area contributed by atoms with Crippen molar-refractivity contribution in [3.05, 3.63) is 57.6 Å². The second-order valence-corrected chi connectivity index (χ2v) is 10.6. The SMILES string of the molecule is CCCc1ccc(CCC)c(NC(C)CC)c1Cc1c(CCC)ccc(CCC)c1NC(C)CC. The van der Waals surface area contributed by atoms with Gasteiger partial charge in [0.2, 0.25) is 0 Å². The molecule has 0 saturated carbocycles. The van der Waals surface area contributed by atoms with Crippen molar-refractivity contribution in [2.75, 3.05) is 10.6 Å². The molecule has 0 saturated heterocycles. The van der Waals surface area contributed by atoms with Crippen molar-refractivity contribution >= 4 is 11.4 Å². The van der Waals surface area contributed by atoms with Crippen LogP contribution in [0.1, 0.15) is 127 Å². The first-order valence-electron chi connectivity index (χ1n) is 14.7. The van der Waals surface area contributed by atoms with Gasteiger partial charge in [-0.3, -0.25) is 0 Å². The summed E-state index contributed by atoms with van der Waals surface area (Å²) in [5, 5.41) is 7.95. The summed E-state index contributed by atoms with van der Waals surface area (Å²) in [5.41, 5.74) is 11.9. The lowest BCUT2D eigenvalue weighted by molar-refractivity contribution is 0.753. The van der Waals surface area contributed by atoms with E-state index in [4.69, 9.17) is 0 Å². The molecule has 2 unspecified atom stereocenters. The summed E-state index contributed by atoms with van der Waals surface area (Å²) in [6, 6.07) is 10.6. The highest BCUT2D eigenvalue weighted by molar-refractivity contribution is 5.67. The zero-order valence-corrected chi connectivity index (χ0v) is 24.2. The zero-order valence-electron chi connectivity index (χ0n) is 24.2. The lowest BCUT2D eigenvalue weighted by atomic mass is 9.86. The van der Waals surface area contributed by atoms with Gasteiger partial charge in [-0.05, 0) is 85.8 Å². The van der Waals surface area contributed by atoms with Gasteiger partial charge < -0.3 is 10.6 Å². The van der Waals surface area contributed by atoms with Crippen molar-refractivity contribution in [3.8, 4) is 0 Å². The predicted molar refractivity (Wildman–Crippen MR) is 158 cm³/mol. The van der Waals surface area contributed by atoms with Crippen LogP contribution in [0.3, 0.4) is 0 Å². The molecule has 0 radical (unpaired) electrons. The minimum Gasteiger partial charge on any atom is -0.382 e. The van der Waals surface area contributed by atoms with Crippen molar-refractivity contribution < 1.29 is 0 Å². The third-order valence-electron chi connectivity index (χ3n) is 7.43. The number of hydrogen-bond acceptors (Lipinski definition) is 2. The van der Waals surface area contributed by atoms with Gasteiger partial charge >= 0.3 is 0 Å². The fourth-order valence-corrected chi connectivity index (χ4v) is 5.08. The van der Waals surface area contributed by atoms with Gasteiger partial charge in [-0.15, -0.1) is 0 Å². The van der Waals surface area contributed by atoms with Gasteiger partial charge in [0.05, 0.1) is 0 Å². The monoisotopic (exact) mass is 478 g/mol. The summed E-state index contributed by atoms with van der Waals surface area (Å²) in [4.78, 5) is 0. The van der Waals surface area contributed by atoms with Crippen molar-refractivity contribution in [3.63, 3.8) is 0 Å². The Morgan fingerprint density at radius 2 is 0.829 bits per heavy atom. The highest BCUT2D eigenvalue weighted by Gasteiger charge is 2.20. The largest absolute Gasteiger partial charge is 0.382 e. The standard InChI is InChI=1S/C33H54N2/c1-9-15-26-19-21-28(17-11-3)32(34-24(7)13-5)30(26)23-31-27(16-10-2)20-22-29(18-12-4)33(31)35-25(8)14-6/h19-22,24-25,34-35H,9-18,23H2,1-8H3. The highest BCUT2D eigenvalue weighted by Crippen LogP contribution is 2.36. The van der Waals surface area contributed by atoms with Crippen LogP contribution in [-0.2, 0) is 32.1 Å². The minimum absolute atomic E-state index is 0.473. The van der Waals surface area contributed by atoms with Crippen LogP contribution >= 0.6 is 0 Å². The number of rotatable bonds is 16. The molecule has 0 aromatic heterocycles. The molecular formula is C33H54N2. The van der Waals surface area contributed by atoms with E-state index in [1.165, 1.54) is 70.4 Å². The Kier molecular flexibility index (Phi) is 12.7. The van der Waals surface area contributed by atoms with Crippen LogP contribution in [0, 0.1) is 0 Å². The first-order valence-corrected chi connectivity index (χ1v) is 14.7. The lowest BCUT2D eigenvalue weighted by Crippen LogP contribution is -2.20. The van der Waals surface area contributed by atoms with Gasteiger partial charge in [-0.25, -0.2) is 0 Å². The fourth-order valence-electron chi connectivity index (χ4n) is 5.08. The molecule has 0 aliphatic heterocycles. The summed E-state index contributed by atoms with van der Waals surface area (Å²) in [6.45, 7) is 18.4. The number of aryl methyl sites for hydroxylation is 4. The van der Waals surface area contributed by atoms with Gasteiger partial charge in [-0.1, -0.05) is 91.5 Å². The molecule has 2 atom stereocenters. The van der Waals surface area contributed by atoms with Crippen molar-refractivity contribution in [2.24, 2.45) is 0 Å². The Morgan fingerprint density at radius 3 is 1.14 bits per heavy atom. The van der Waals surface area contributed by atoms with Gasteiger partial charge in [0.1, 0.15) is 0 Å². The van der Waals surface area contributed by atoms with Gasteiger partial charge in [0, 0.05) is 29.9 Å². The Balaban J connectivity index is 2.78. The molecule has 0 aliphatic carbocycles. The highest BCUT2D eigenvalue weighted by atomic mass is 14.9. The quantitative estimate of drug-likeness (QED) is 0.251. The van der Waals surface area contributed by atoms with Crippen LogP contribution in [-0.4, -0.2) is 12.1 Å². The molecular weight excluding hydrogens is 424 g/mol. The number of nitrogens with one attached hydrogen (secondary N) is 2. The van der Waals surface area contributed by atoms with E-state index in [-0.39, 0.29) is 0 Å². The first kappa shape index (κ1) is 29.3. The van der Waals surface area contributed by atoms with E-state index < -0.39 is 0 Å². The van der Waals surface area contributed by atoms with Crippen molar-refractivity contribution in [2.45, 2.75) is 138 Å². The predicted octanol–water partition coefficient (Wildman–Crippen LogP) is 9.51. The van der Waals surface area contributed by atoms with E-state index in [9.17, 15) is 0 Å². The molecule has 2 nitrogen and oxygen atoms in total. The normalized spacial score (nSPS) is 13.0. The Bertz CT molecular complexity index is 825. The molecule has 0 heterocycles. The molecule has 2 N–H and O–H groups in total. The van der Waals surface area contributed by atoms with E-state index in [0.717, 1.165) is 44.9 Å². The molecule has 2 aromatic carbocycles. The maximum Gasteiger partial charge on any atom is 0.0413 e. The summed E-state index contributed by atoms with van der Waals surface area (Å²) < 4.78 is 0. The topological polar surface area (TPSA) is 24.1 Å². The van der Waals surface area contributed by atoms with Gasteiger partial charge in [0.15, 0.2) is 0 Å². The first-order chi connectivity index (χ1) is 16.9. The summed E-state index contributed by atoms with van der Waals surface area (Å²) in [6.07, 6.45) is 12.5. The average Bonchev–Trinajstić information content (AvgIpc) is 2.85. The van der Waals surface area contributed by atoms with E-state index in [1.54, 1.807) is 0 Å². The Labute approximate surface area is 217 Å². The average molecular weight is 479 g/mol. The van der Waals surface area contributed by atoms with Crippen LogP contribution in [0.25, 0.3) is 0 Å². The number of hydrogen-bond donors (Lipinski definition) is 2. The number of benzene rings is 2. The molecule has 0 fully saturated rings. The van der Waals surface area contributed by atoms with Crippen LogP contribution in [0.5, 0.6) is 0 Å². The Morgan fingerprint density at radius 1 is 0.514 bits per heavy atom. The third-order valence-corrected chi connectivity index (χ3v) is 7.43. The zero-order chi connectivity index (χ0) is 25.8. The molecule has 2 aromatic rings. The molecule has 0 bridgehead atoms. The lowest BCUT2D eigenvalue weighted by Gasteiger charge is -2.27. The van der Waals surface area contributed by atoms with Gasteiger partial charge in [-0.2, -0.15) is 0 Å². The van der Waals surface area contributed by atoms with Crippen molar-refractivity contribution in [1.29, 1.82) is 0 Å². The summed E-state index contributed by atoms with van der Waals surface area (Å²) in [5.74, 6) is 0. The third kappa shape index (κ3) is 8.02. The summed E-state index contributed by atoms with van der Waals surface area (Å²) in [7, 11) is 0. The van der Waals surface area contributed by atoms with E-state index >= 15 is 0 Å². The van der Waals surface area contributed by atoms with Crippen molar-refractivity contribution in [1.82, 2.24) is 0 Å². The molecule has 35 heavy (non-hydrogen) atoms. The van der Waals surface area contributed by atoms with E-state index in [1.807, 2.05) is 0 Å². The van der Waals surface area contributed by atoms with Crippen LogP contribution < -0.4 is 10.6 Å². The molecule has 2 rings (SSSR count). The van der Waals surface area contributed by atoms with Crippen LogP contribution in [0.15, 0.2) is 24.3 Å².